The van der Waals surface area contributed by atoms with E-state index in [1.807, 2.05) is 40.8 Å². The van der Waals surface area contributed by atoms with Crippen LogP contribution in [0.3, 0.4) is 0 Å². The van der Waals surface area contributed by atoms with Gasteiger partial charge in [-0.2, -0.15) is 0 Å². The van der Waals surface area contributed by atoms with Gasteiger partial charge in [-0.3, -0.25) is 28.1 Å². The molecule has 6 rings (SSSR count). The second-order valence-electron chi connectivity index (χ2n) is 11.2. The molecule has 0 spiro atoms. The van der Waals surface area contributed by atoms with Crippen molar-refractivity contribution in [1.82, 2.24) is 13.7 Å². The van der Waals surface area contributed by atoms with Crippen LogP contribution in [-0.4, -0.2) is 19.5 Å². The molecule has 0 aliphatic heterocycles. The van der Waals surface area contributed by atoms with Crippen molar-refractivity contribution in [2.75, 3.05) is 5.32 Å². The summed E-state index contributed by atoms with van der Waals surface area (Å²) >= 11 is 2.01. The van der Waals surface area contributed by atoms with Gasteiger partial charge in [-0.05, 0) is 103 Å². The van der Waals surface area contributed by atoms with Gasteiger partial charge in [0.15, 0.2) is 0 Å². The van der Waals surface area contributed by atoms with E-state index in [0.29, 0.717) is 47.3 Å². The number of hydrogen-bond acceptors (Lipinski definition) is 5. The lowest BCUT2D eigenvalue weighted by atomic mass is 10.0. The van der Waals surface area contributed by atoms with Crippen molar-refractivity contribution in [1.29, 1.82) is 0 Å². The zero-order valence-electron chi connectivity index (χ0n) is 22.9. The van der Waals surface area contributed by atoms with E-state index < -0.39 is 22.6 Å². The number of carbonyl (C=O) groups is 1. The first-order chi connectivity index (χ1) is 19.6. The minimum atomic E-state index is -0.530. The van der Waals surface area contributed by atoms with E-state index >= 15 is 0 Å². The number of nitrogens with one attached hydrogen (secondary N) is 1. The maximum atomic E-state index is 14.9. The predicted molar refractivity (Wildman–Crippen MR) is 165 cm³/mol. The molecule has 0 amide bonds. The van der Waals surface area contributed by atoms with Crippen LogP contribution >= 0.6 is 22.6 Å². The third-order valence-electron chi connectivity index (χ3n) is 8.01. The van der Waals surface area contributed by atoms with Gasteiger partial charge in [0, 0.05) is 35.1 Å². The monoisotopic (exact) mass is 668 g/mol. The van der Waals surface area contributed by atoms with Gasteiger partial charge in [-0.1, -0.05) is 12.1 Å². The highest BCUT2D eigenvalue weighted by molar-refractivity contribution is 14.1. The van der Waals surface area contributed by atoms with Crippen LogP contribution in [0.5, 0.6) is 0 Å². The maximum Gasteiger partial charge on any atom is 0.336 e. The van der Waals surface area contributed by atoms with Crippen molar-refractivity contribution < 1.29 is 9.18 Å². The van der Waals surface area contributed by atoms with Crippen LogP contribution in [0.15, 0.2) is 56.8 Å². The number of halogens is 2. The van der Waals surface area contributed by atoms with E-state index in [4.69, 9.17) is 0 Å². The molecule has 41 heavy (non-hydrogen) atoms. The van der Waals surface area contributed by atoms with Crippen LogP contribution in [0.4, 0.5) is 15.9 Å². The van der Waals surface area contributed by atoms with Crippen LogP contribution in [0.25, 0.3) is 16.6 Å². The second kappa shape index (κ2) is 10.7. The number of Topliss-reactive ketones (excluding diaryl/α,β-unsaturated/α-hetero) is 1. The molecule has 212 valence electrons. The van der Waals surface area contributed by atoms with Gasteiger partial charge in [0.05, 0.1) is 16.9 Å². The first-order valence-corrected chi connectivity index (χ1v) is 15.0. The molecule has 0 saturated heterocycles. The van der Waals surface area contributed by atoms with Gasteiger partial charge < -0.3 is 5.32 Å². The Balaban J connectivity index is 1.55. The van der Waals surface area contributed by atoms with E-state index in [1.54, 1.807) is 25.1 Å². The predicted octanol–water partition coefficient (Wildman–Crippen LogP) is 5.28. The molecule has 0 bridgehead atoms. The molecular formula is C31H30FIN4O4. The summed E-state index contributed by atoms with van der Waals surface area (Å²) in [7, 11) is 1.53. The van der Waals surface area contributed by atoms with Crippen molar-refractivity contribution in [2.45, 2.75) is 57.9 Å². The maximum absolute atomic E-state index is 14.9. The summed E-state index contributed by atoms with van der Waals surface area (Å²) in [5.74, 6) is 0.354. The van der Waals surface area contributed by atoms with E-state index in [1.165, 1.54) is 26.8 Å². The molecule has 0 radical (unpaired) electrons. The fourth-order valence-electron chi connectivity index (χ4n) is 5.45. The fourth-order valence-corrected chi connectivity index (χ4v) is 5.91. The number of carbonyl (C=O) groups excluding carboxylic acids is 1. The van der Waals surface area contributed by atoms with Crippen LogP contribution in [0.1, 0.15) is 55.7 Å². The number of nitrogens with zero attached hydrogens (tertiary/aromatic N) is 3. The molecule has 4 aromatic rings. The topological polar surface area (TPSA) is 95.1 Å². The lowest BCUT2D eigenvalue weighted by Gasteiger charge is -2.21. The quantitative estimate of drug-likeness (QED) is 0.245. The Morgan fingerprint density at radius 2 is 1.80 bits per heavy atom. The molecule has 1 N–H and O–H groups in total. The first-order valence-electron chi connectivity index (χ1n) is 13.9. The highest BCUT2D eigenvalue weighted by Crippen LogP contribution is 2.35. The molecule has 2 heterocycles. The van der Waals surface area contributed by atoms with Crippen LogP contribution < -0.4 is 22.1 Å². The SMILES string of the molecule is Cc1c(=O)n(C)c(Nc2ccc(I)cc2F)c2c(=O)n(C3CC3)c(=O)n(-c3cccc(CCC(=O)CC4CC4)c3)c12. The number of ketones is 1. The molecule has 0 unspecified atom stereocenters. The normalized spacial score (nSPS) is 14.9. The summed E-state index contributed by atoms with van der Waals surface area (Å²) in [6, 6.07) is 11.7. The Labute approximate surface area is 249 Å². The van der Waals surface area contributed by atoms with Crippen molar-refractivity contribution in [3.63, 3.8) is 0 Å². The zero-order valence-corrected chi connectivity index (χ0v) is 25.0. The Hall–Kier alpha value is -3.54. The molecule has 0 atom stereocenters. The summed E-state index contributed by atoms with van der Waals surface area (Å²) < 4.78 is 19.6. The highest BCUT2D eigenvalue weighted by atomic mass is 127. The number of aromatic nitrogens is 3. The van der Waals surface area contributed by atoms with E-state index in [-0.39, 0.29) is 39.8 Å². The number of benzene rings is 2. The average molecular weight is 669 g/mol. The molecule has 10 heteroatoms. The summed E-state index contributed by atoms with van der Waals surface area (Å²) in [5.41, 5.74) is 0.477. The summed E-state index contributed by atoms with van der Waals surface area (Å²) in [4.78, 5) is 53.8. The average Bonchev–Trinajstić information content (AvgIpc) is 3.87. The molecule has 2 aromatic heterocycles. The number of rotatable bonds is 9. The van der Waals surface area contributed by atoms with Gasteiger partial charge in [-0.25, -0.2) is 9.18 Å². The lowest BCUT2D eigenvalue weighted by Crippen LogP contribution is -2.41. The molecular weight excluding hydrogens is 638 g/mol. The lowest BCUT2D eigenvalue weighted by molar-refractivity contribution is -0.119. The highest BCUT2D eigenvalue weighted by Gasteiger charge is 2.32. The van der Waals surface area contributed by atoms with E-state index in [0.717, 1.165) is 18.4 Å². The standard InChI is InChI=1S/C31H30FIN4O4/c1-17-27-26(28(35(2)29(17)39)34-25-13-9-20(33)16-24(25)32)30(40)37(21-10-11-21)31(41)36(27)22-5-3-4-18(14-22)8-12-23(38)15-19-6-7-19/h3-5,9,13-14,16,19,21,34H,6-8,10-12,15H2,1-2H3. The second-order valence-corrected chi connectivity index (χ2v) is 12.4. The third kappa shape index (κ3) is 5.29. The Morgan fingerprint density at radius 1 is 1.05 bits per heavy atom. The molecule has 2 saturated carbocycles. The van der Waals surface area contributed by atoms with Crippen LogP contribution in [0.2, 0.25) is 0 Å². The number of aryl methyl sites for hydroxylation is 2. The number of pyridine rings is 1. The van der Waals surface area contributed by atoms with Gasteiger partial charge in [0.2, 0.25) is 0 Å². The smallest absolute Gasteiger partial charge is 0.336 e. The largest absolute Gasteiger partial charge is 0.338 e. The minimum Gasteiger partial charge on any atom is -0.338 e. The number of fused-ring (bicyclic) bond motifs is 1. The van der Waals surface area contributed by atoms with Crippen molar-refractivity contribution in [2.24, 2.45) is 13.0 Å². The Kier molecular flexibility index (Phi) is 7.21. The molecule has 2 aliphatic carbocycles. The van der Waals surface area contributed by atoms with Gasteiger partial charge in [0.25, 0.3) is 11.1 Å². The molecule has 2 aromatic carbocycles. The molecule has 2 fully saturated rings. The van der Waals surface area contributed by atoms with Crippen molar-refractivity contribution >= 4 is 50.8 Å². The van der Waals surface area contributed by atoms with E-state index in [9.17, 15) is 23.6 Å². The van der Waals surface area contributed by atoms with Gasteiger partial charge in [0.1, 0.15) is 22.8 Å². The Bertz CT molecular complexity index is 1900. The first kappa shape index (κ1) is 27.6. The summed E-state index contributed by atoms with van der Waals surface area (Å²) in [5, 5.41) is 3.13. The fraction of sp³-hybridized carbons (Fsp3) is 0.355. The number of anilines is 2. The minimum absolute atomic E-state index is 0.110. The molecule has 8 nitrogen and oxygen atoms in total. The van der Waals surface area contributed by atoms with E-state index in [2.05, 4.69) is 5.32 Å². The molecule has 2 aliphatic rings. The van der Waals surface area contributed by atoms with Crippen molar-refractivity contribution in [3.05, 3.63) is 94.2 Å². The third-order valence-corrected chi connectivity index (χ3v) is 8.69. The Morgan fingerprint density at radius 3 is 2.49 bits per heavy atom. The summed E-state index contributed by atoms with van der Waals surface area (Å²) in [6.07, 6.45) is 5.22. The van der Waals surface area contributed by atoms with Crippen LogP contribution in [-0.2, 0) is 18.3 Å². The van der Waals surface area contributed by atoms with Crippen LogP contribution in [0, 0.1) is 22.2 Å². The van der Waals surface area contributed by atoms with Gasteiger partial charge >= 0.3 is 5.69 Å². The summed E-state index contributed by atoms with van der Waals surface area (Å²) in [6.45, 7) is 1.59. The number of hydrogen-bond donors (Lipinski definition) is 1. The zero-order chi connectivity index (χ0) is 29.0. The van der Waals surface area contributed by atoms with Crippen molar-refractivity contribution in [3.8, 4) is 5.69 Å². The van der Waals surface area contributed by atoms with Gasteiger partial charge in [-0.15, -0.1) is 0 Å².